The van der Waals surface area contributed by atoms with E-state index >= 15 is 0 Å². The zero-order valence-electron chi connectivity index (χ0n) is 11.0. The van der Waals surface area contributed by atoms with E-state index in [1.807, 2.05) is 30.3 Å². The number of primary amides is 1. The van der Waals surface area contributed by atoms with Gasteiger partial charge in [-0.15, -0.1) is 0 Å². The van der Waals surface area contributed by atoms with Gasteiger partial charge in [-0.1, -0.05) is 30.3 Å². The topological polar surface area (TPSA) is 55.6 Å². The van der Waals surface area contributed by atoms with E-state index in [1.54, 1.807) is 0 Å². The van der Waals surface area contributed by atoms with Crippen LogP contribution in [0, 0.1) is 0 Å². The Hall–Kier alpha value is -1.39. The highest BCUT2D eigenvalue weighted by atomic mass is 16.5. The molecule has 0 aromatic heterocycles. The predicted octanol–water partition coefficient (Wildman–Crippen LogP) is 0.904. The third kappa shape index (κ3) is 2.15. The number of hydrogen-bond acceptors (Lipinski definition) is 3. The molecule has 2 aliphatic rings. The first-order valence-electron chi connectivity index (χ1n) is 6.90. The average Bonchev–Trinajstić information content (AvgIpc) is 3.09. The van der Waals surface area contributed by atoms with E-state index < -0.39 is 5.41 Å². The summed E-state index contributed by atoms with van der Waals surface area (Å²) in [4.78, 5) is 14.4. The molecule has 0 radical (unpaired) electrons. The summed E-state index contributed by atoms with van der Waals surface area (Å²) in [5.41, 5.74) is 6.25. The van der Waals surface area contributed by atoms with Crippen molar-refractivity contribution < 1.29 is 9.53 Å². The van der Waals surface area contributed by atoms with Crippen LogP contribution in [0.2, 0.25) is 0 Å². The summed E-state index contributed by atoms with van der Waals surface area (Å²) < 4.78 is 5.45. The normalized spacial score (nSPS) is 31.7. The van der Waals surface area contributed by atoms with E-state index in [4.69, 9.17) is 10.5 Å². The first-order valence-corrected chi connectivity index (χ1v) is 6.90. The molecule has 4 nitrogen and oxygen atoms in total. The summed E-state index contributed by atoms with van der Waals surface area (Å²) in [6.07, 6.45) is 1.87. The van der Waals surface area contributed by atoms with Gasteiger partial charge in [-0.25, -0.2) is 0 Å². The average molecular weight is 260 g/mol. The van der Waals surface area contributed by atoms with E-state index in [0.717, 1.165) is 44.7 Å². The van der Waals surface area contributed by atoms with E-state index in [2.05, 4.69) is 4.90 Å². The van der Waals surface area contributed by atoms with Crippen LogP contribution in [0.3, 0.4) is 0 Å². The van der Waals surface area contributed by atoms with Crippen LogP contribution in [-0.2, 0) is 14.9 Å². The standard InChI is InChI=1S/C15H20N2O2/c16-14(18)15(12-4-2-1-3-5-12)7-8-17(11-15)13-6-9-19-10-13/h1-5,13H,6-11H2,(H2,16,18). The summed E-state index contributed by atoms with van der Waals surface area (Å²) >= 11 is 0. The molecule has 0 bridgehead atoms. The Kier molecular flexibility index (Phi) is 3.29. The fraction of sp³-hybridized carbons (Fsp3) is 0.533. The maximum atomic E-state index is 12.0. The molecular weight excluding hydrogens is 240 g/mol. The lowest BCUT2D eigenvalue weighted by Gasteiger charge is -2.28. The maximum absolute atomic E-state index is 12.0. The number of carbonyl (C=O) groups is 1. The van der Waals surface area contributed by atoms with Crippen molar-refractivity contribution in [3.8, 4) is 0 Å². The van der Waals surface area contributed by atoms with Crippen molar-refractivity contribution in [1.29, 1.82) is 0 Å². The number of amides is 1. The monoisotopic (exact) mass is 260 g/mol. The number of likely N-dealkylation sites (tertiary alicyclic amines) is 1. The van der Waals surface area contributed by atoms with Crippen molar-refractivity contribution in [2.45, 2.75) is 24.3 Å². The van der Waals surface area contributed by atoms with E-state index in [9.17, 15) is 4.79 Å². The SMILES string of the molecule is NC(=O)C1(c2ccccc2)CCN(C2CCOC2)C1. The molecule has 1 amide bonds. The Morgan fingerprint density at radius 2 is 2.16 bits per heavy atom. The van der Waals surface area contributed by atoms with Crippen LogP contribution < -0.4 is 5.73 Å². The van der Waals surface area contributed by atoms with Gasteiger partial charge in [0.2, 0.25) is 5.91 Å². The number of nitrogens with two attached hydrogens (primary N) is 1. The second-order valence-electron chi connectivity index (χ2n) is 5.55. The number of hydrogen-bond donors (Lipinski definition) is 1. The summed E-state index contributed by atoms with van der Waals surface area (Å²) in [7, 11) is 0. The van der Waals surface area contributed by atoms with Crippen molar-refractivity contribution in [2.24, 2.45) is 5.73 Å². The summed E-state index contributed by atoms with van der Waals surface area (Å²) in [6.45, 7) is 3.26. The van der Waals surface area contributed by atoms with Gasteiger partial charge >= 0.3 is 0 Å². The van der Waals surface area contributed by atoms with E-state index in [-0.39, 0.29) is 5.91 Å². The quantitative estimate of drug-likeness (QED) is 0.878. The number of benzene rings is 1. The summed E-state index contributed by atoms with van der Waals surface area (Å²) in [6, 6.07) is 10.4. The van der Waals surface area contributed by atoms with Crippen LogP contribution in [0.5, 0.6) is 0 Å². The van der Waals surface area contributed by atoms with Crippen molar-refractivity contribution in [3.63, 3.8) is 0 Å². The zero-order chi connectivity index (χ0) is 13.3. The lowest BCUT2D eigenvalue weighted by atomic mass is 9.79. The van der Waals surface area contributed by atoms with Gasteiger partial charge in [0.1, 0.15) is 0 Å². The van der Waals surface area contributed by atoms with Crippen LogP contribution in [0.4, 0.5) is 0 Å². The largest absolute Gasteiger partial charge is 0.380 e. The molecule has 0 saturated carbocycles. The minimum Gasteiger partial charge on any atom is -0.380 e. The minimum atomic E-state index is -0.524. The second kappa shape index (κ2) is 4.94. The molecule has 2 heterocycles. The molecule has 3 rings (SSSR count). The van der Waals surface area contributed by atoms with Crippen molar-refractivity contribution >= 4 is 5.91 Å². The highest BCUT2D eigenvalue weighted by Gasteiger charge is 2.46. The Labute approximate surface area is 113 Å². The Morgan fingerprint density at radius 3 is 2.79 bits per heavy atom. The molecule has 4 heteroatoms. The van der Waals surface area contributed by atoms with Crippen LogP contribution in [0.1, 0.15) is 18.4 Å². The van der Waals surface area contributed by atoms with Gasteiger partial charge in [0, 0.05) is 19.2 Å². The first-order chi connectivity index (χ1) is 9.22. The number of nitrogens with zero attached hydrogens (tertiary/aromatic N) is 1. The molecule has 2 unspecified atom stereocenters. The van der Waals surface area contributed by atoms with E-state index in [1.165, 1.54) is 0 Å². The summed E-state index contributed by atoms with van der Waals surface area (Å²) in [5, 5.41) is 0. The van der Waals surface area contributed by atoms with Crippen LogP contribution >= 0.6 is 0 Å². The first kappa shape index (κ1) is 12.6. The predicted molar refractivity (Wildman–Crippen MR) is 72.7 cm³/mol. The zero-order valence-corrected chi connectivity index (χ0v) is 11.0. The Bertz CT molecular complexity index is 456. The van der Waals surface area contributed by atoms with Crippen LogP contribution in [-0.4, -0.2) is 43.2 Å². The third-order valence-corrected chi connectivity index (χ3v) is 4.52. The van der Waals surface area contributed by atoms with Crippen LogP contribution in [0.15, 0.2) is 30.3 Å². The molecule has 2 saturated heterocycles. The molecule has 0 spiro atoms. The number of ether oxygens (including phenoxy) is 1. The number of carbonyl (C=O) groups excluding carboxylic acids is 1. The molecule has 19 heavy (non-hydrogen) atoms. The lowest BCUT2D eigenvalue weighted by Crippen LogP contribution is -2.45. The van der Waals surface area contributed by atoms with Crippen LogP contribution in [0.25, 0.3) is 0 Å². The summed E-state index contributed by atoms with van der Waals surface area (Å²) in [5.74, 6) is -0.208. The minimum absolute atomic E-state index is 0.208. The maximum Gasteiger partial charge on any atom is 0.229 e. The van der Waals surface area contributed by atoms with Gasteiger partial charge in [0.15, 0.2) is 0 Å². The molecule has 2 aliphatic heterocycles. The highest BCUT2D eigenvalue weighted by Crippen LogP contribution is 2.36. The third-order valence-electron chi connectivity index (χ3n) is 4.52. The Balaban J connectivity index is 1.85. The lowest BCUT2D eigenvalue weighted by molar-refractivity contribution is -0.123. The van der Waals surface area contributed by atoms with Gasteiger partial charge in [0.25, 0.3) is 0 Å². The fourth-order valence-corrected chi connectivity index (χ4v) is 3.30. The second-order valence-corrected chi connectivity index (χ2v) is 5.55. The van der Waals surface area contributed by atoms with Gasteiger partial charge in [0.05, 0.1) is 12.0 Å². The molecule has 2 atom stereocenters. The molecule has 102 valence electrons. The highest BCUT2D eigenvalue weighted by molar-refractivity contribution is 5.87. The van der Waals surface area contributed by atoms with Crippen molar-refractivity contribution in [3.05, 3.63) is 35.9 Å². The molecule has 0 aliphatic carbocycles. The van der Waals surface area contributed by atoms with Crippen molar-refractivity contribution in [2.75, 3.05) is 26.3 Å². The smallest absolute Gasteiger partial charge is 0.229 e. The molecular formula is C15H20N2O2. The molecule has 2 N–H and O–H groups in total. The Morgan fingerprint density at radius 1 is 1.37 bits per heavy atom. The van der Waals surface area contributed by atoms with Gasteiger partial charge in [-0.3, -0.25) is 9.69 Å². The van der Waals surface area contributed by atoms with Gasteiger partial charge < -0.3 is 10.5 Å². The molecule has 1 aromatic carbocycles. The molecule has 1 aromatic rings. The number of rotatable bonds is 3. The van der Waals surface area contributed by atoms with Gasteiger partial charge in [-0.05, 0) is 24.9 Å². The van der Waals surface area contributed by atoms with E-state index in [0.29, 0.717) is 6.04 Å². The van der Waals surface area contributed by atoms with Gasteiger partial charge in [-0.2, -0.15) is 0 Å². The molecule has 2 fully saturated rings. The fourth-order valence-electron chi connectivity index (χ4n) is 3.30. The van der Waals surface area contributed by atoms with Crippen molar-refractivity contribution in [1.82, 2.24) is 4.90 Å².